The topological polar surface area (TPSA) is 42.7 Å². The Labute approximate surface area is 116 Å². The molecule has 2 aromatic rings. The molecule has 108 valence electrons. The highest BCUT2D eigenvalue weighted by Gasteiger charge is 2.09. The lowest BCUT2D eigenvalue weighted by Crippen LogP contribution is -2.22. The minimum atomic E-state index is -0.457. The normalized spacial score (nSPS) is 11.2. The molecule has 0 spiro atoms. The maximum atomic E-state index is 13.6. The minimum Gasteiger partial charge on any atom is -0.310 e. The summed E-state index contributed by atoms with van der Waals surface area (Å²) in [5.41, 5.74) is 0.264. The first-order chi connectivity index (χ1) is 9.56. The third-order valence-electron chi connectivity index (χ3n) is 2.86. The quantitative estimate of drug-likeness (QED) is 0.883. The summed E-state index contributed by atoms with van der Waals surface area (Å²) in [6.45, 7) is 5.80. The molecule has 0 aliphatic carbocycles. The minimum absolute atomic E-state index is 0.169. The number of halogens is 2. The summed E-state index contributed by atoms with van der Waals surface area (Å²) in [4.78, 5) is 4.13. The number of nitrogens with one attached hydrogen (secondary N) is 1. The third kappa shape index (κ3) is 3.84. The summed E-state index contributed by atoms with van der Waals surface area (Å²) < 4.78 is 28.3. The van der Waals surface area contributed by atoms with E-state index in [4.69, 9.17) is 0 Å². The SMILES string of the molecule is CC(C)CNCc1ncnn1Cc1cc(F)ccc1F. The Morgan fingerprint density at radius 1 is 1.30 bits per heavy atom. The van der Waals surface area contributed by atoms with E-state index in [2.05, 4.69) is 29.2 Å². The lowest BCUT2D eigenvalue weighted by molar-refractivity contribution is 0.516. The van der Waals surface area contributed by atoms with Crippen LogP contribution in [0.3, 0.4) is 0 Å². The maximum absolute atomic E-state index is 13.6. The predicted molar refractivity (Wildman–Crippen MR) is 72.0 cm³/mol. The molecule has 0 amide bonds. The van der Waals surface area contributed by atoms with Gasteiger partial charge in [0.05, 0.1) is 13.1 Å². The monoisotopic (exact) mass is 280 g/mol. The van der Waals surface area contributed by atoms with Crippen LogP contribution in [0.1, 0.15) is 25.2 Å². The van der Waals surface area contributed by atoms with Gasteiger partial charge in [-0.2, -0.15) is 5.10 Å². The molecular weight excluding hydrogens is 262 g/mol. The average Bonchev–Trinajstić information content (AvgIpc) is 2.81. The molecule has 0 unspecified atom stereocenters. The average molecular weight is 280 g/mol. The van der Waals surface area contributed by atoms with Crippen LogP contribution in [0, 0.1) is 17.6 Å². The zero-order valence-electron chi connectivity index (χ0n) is 11.6. The summed E-state index contributed by atoms with van der Waals surface area (Å²) in [6, 6.07) is 3.41. The molecule has 0 saturated carbocycles. The number of rotatable bonds is 6. The number of hydrogen-bond donors (Lipinski definition) is 1. The fourth-order valence-electron chi connectivity index (χ4n) is 1.86. The Kier molecular flexibility index (Phi) is 4.79. The summed E-state index contributed by atoms with van der Waals surface area (Å²) >= 11 is 0. The van der Waals surface area contributed by atoms with E-state index in [0.29, 0.717) is 18.3 Å². The van der Waals surface area contributed by atoms with E-state index in [1.165, 1.54) is 12.4 Å². The molecule has 0 fully saturated rings. The molecule has 4 nitrogen and oxygen atoms in total. The van der Waals surface area contributed by atoms with Gasteiger partial charge in [-0.05, 0) is 30.7 Å². The smallest absolute Gasteiger partial charge is 0.141 e. The Hall–Kier alpha value is -1.82. The summed E-state index contributed by atoms with van der Waals surface area (Å²) in [5, 5.41) is 7.30. The van der Waals surface area contributed by atoms with Crippen LogP contribution >= 0.6 is 0 Å². The molecule has 0 aliphatic heterocycles. The molecule has 1 aromatic carbocycles. The highest BCUT2D eigenvalue weighted by atomic mass is 19.1. The first kappa shape index (κ1) is 14.6. The Bertz CT molecular complexity index is 566. The Morgan fingerprint density at radius 3 is 2.85 bits per heavy atom. The molecule has 2 rings (SSSR count). The van der Waals surface area contributed by atoms with Gasteiger partial charge in [-0.3, -0.25) is 0 Å². The van der Waals surface area contributed by atoms with E-state index in [1.54, 1.807) is 4.68 Å². The molecule has 20 heavy (non-hydrogen) atoms. The van der Waals surface area contributed by atoms with E-state index >= 15 is 0 Å². The largest absolute Gasteiger partial charge is 0.310 e. The van der Waals surface area contributed by atoms with E-state index in [1.807, 2.05) is 0 Å². The highest BCUT2D eigenvalue weighted by molar-refractivity contribution is 5.19. The van der Waals surface area contributed by atoms with Gasteiger partial charge < -0.3 is 5.32 Å². The van der Waals surface area contributed by atoms with Gasteiger partial charge in [0, 0.05) is 5.56 Å². The van der Waals surface area contributed by atoms with Crippen molar-refractivity contribution in [1.82, 2.24) is 20.1 Å². The fraction of sp³-hybridized carbons (Fsp3) is 0.429. The van der Waals surface area contributed by atoms with Gasteiger partial charge in [0.25, 0.3) is 0 Å². The van der Waals surface area contributed by atoms with E-state index in [9.17, 15) is 8.78 Å². The van der Waals surface area contributed by atoms with Crippen molar-refractivity contribution in [3.63, 3.8) is 0 Å². The van der Waals surface area contributed by atoms with Crippen molar-refractivity contribution in [3.05, 3.63) is 47.5 Å². The number of benzene rings is 1. The van der Waals surface area contributed by atoms with Gasteiger partial charge in [-0.25, -0.2) is 18.4 Å². The number of aromatic nitrogens is 3. The number of nitrogens with zero attached hydrogens (tertiary/aromatic N) is 3. The molecule has 0 bridgehead atoms. The zero-order chi connectivity index (χ0) is 14.5. The second kappa shape index (κ2) is 6.56. The second-order valence-electron chi connectivity index (χ2n) is 5.09. The number of hydrogen-bond acceptors (Lipinski definition) is 3. The van der Waals surface area contributed by atoms with Crippen LogP contribution in [-0.4, -0.2) is 21.3 Å². The van der Waals surface area contributed by atoms with Crippen LogP contribution in [0.5, 0.6) is 0 Å². The standard InChI is InChI=1S/C14H18F2N4/c1-10(2)6-17-7-14-18-9-19-20(14)8-11-5-12(15)3-4-13(11)16/h3-5,9-10,17H,6-8H2,1-2H3. The van der Waals surface area contributed by atoms with Crippen LogP contribution < -0.4 is 5.32 Å². The molecule has 0 radical (unpaired) electrons. The van der Waals surface area contributed by atoms with Crippen LogP contribution in [0.4, 0.5) is 8.78 Å². The molecule has 6 heteroatoms. The van der Waals surface area contributed by atoms with Crippen molar-refractivity contribution in [3.8, 4) is 0 Å². The Balaban J connectivity index is 2.06. The van der Waals surface area contributed by atoms with Gasteiger partial charge in [-0.15, -0.1) is 0 Å². The van der Waals surface area contributed by atoms with Crippen LogP contribution in [0.15, 0.2) is 24.5 Å². The first-order valence-corrected chi connectivity index (χ1v) is 6.57. The van der Waals surface area contributed by atoms with Gasteiger partial charge in [0.1, 0.15) is 23.8 Å². The molecular formula is C14H18F2N4. The summed E-state index contributed by atoms with van der Waals surface area (Å²) in [7, 11) is 0. The third-order valence-corrected chi connectivity index (χ3v) is 2.86. The molecule has 0 aliphatic rings. The van der Waals surface area contributed by atoms with Crippen LogP contribution in [0.2, 0.25) is 0 Å². The molecule has 0 saturated heterocycles. The lowest BCUT2D eigenvalue weighted by atomic mass is 10.2. The Morgan fingerprint density at radius 2 is 2.10 bits per heavy atom. The fourth-order valence-corrected chi connectivity index (χ4v) is 1.86. The van der Waals surface area contributed by atoms with Gasteiger partial charge in [0.15, 0.2) is 0 Å². The van der Waals surface area contributed by atoms with Crippen molar-refractivity contribution in [2.45, 2.75) is 26.9 Å². The van der Waals surface area contributed by atoms with Crippen LogP contribution in [-0.2, 0) is 13.1 Å². The maximum Gasteiger partial charge on any atom is 0.141 e. The second-order valence-corrected chi connectivity index (χ2v) is 5.09. The summed E-state index contributed by atoms with van der Waals surface area (Å²) in [6.07, 6.45) is 1.42. The van der Waals surface area contributed by atoms with Crippen molar-refractivity contribution in [2.75, 3.05) is 6.54 Å². The van der Waals surface area contributed by atoms with Gasteiger partial charge >= 0.3 is 0 Å². The van der Waals surface area contributed by atoms with Gasteiger partial charge in [-0.1, -0.05) is 13.8 Å². The zero-order valence-corrected chi connectivity index (χ0v) is 11.6. The molecule has 0 atom stereocenters. The molecule has 1 heterocycles. The van der Waals surface area contributed by atoms with Gasteiger partial charge in [0.2, 0.25) is 0 Å². The van der Waals surface area contributed by atoms with Crippen molar-refractivity contribution < 1.29 is 8.78 Å². The van der Waals surface area contributed by atoms with Crippen molar-refractivity contribution in [1.29, 1.82) is 0 Å². The van der Waals surface area contributed by atoms with E-state index in [0.717, 1.165) is 18.7 Å². The molecule has 1 N–H and O–H groups in total. The highest BCUT2D eigenvalue weighted by Crippen LogP contribution is 2.11. The van der Waals surface area contributed by atoms with E-state index in [-0.39, 0.29) is 12.1 Å². The summed E-state index contributed by atoms with van der Waals surface area (Å²) in [5.74, 6) is 0.338. The van der Waals surface area contributed by atoms with Crippen LogP contribution in [0.25, 0.3) is 0 Å². The predicted octanol–water partition coefficient (Wildman–Crippen LogP) is 2.35. The van der Waals surface area contributed by atoms with Crippen molar-refractivity contribution >= 4 is 0 Å². The van der Waals surface area contributed by atoms with Crippen molar-refractivity contribution in [2.24, 2.45) is 5.92 Å². The molecule has 1 aromatic heterocycles. The van der Waals surface area contributed by atoms with E-state index < -0.39 is 11.6 Å². The first-order valence-electron chi connectivity index (χ1n) is 6.57. The lowest BCUT2D eigenvalue weighted by Gasteiger charge is -2.09.